The number of aliphatic imine (C=N–C) groups is 1. The van der Waals surface area contributed by atoms with Crippen molar-refractivity contribution in [1.29, 1.82) is 0 Å². The third-order valence-electron chi connectivity index (χ3n) is 4.07. The standard InChI is InChI=1S/C18H29N5O3/c1-15(2)13-20-18(19-7-8-22-9-11-26-12-10-22)21-14-16-3-5-17(6-4-16)23(24)25/h3-6,15H,7-14H2,1-2H3,(H2,19,20,21). The lowest BCUT2D eigenvalue weighted by atomic mass is 10.2. The minimum Gasteiger partial charge on any atom is -0.379 e. The third kappa shape index (κ3) is 7.37. The smallest absolute Gasteiger partial charge is 0.269 e. The molecule has 8 nitrogen and oxygen atoms in total. The first-order chi connectivity index (χ1) is 12.5. The summed E-state index contributed by atoms with van der Waals surface area (Å²) >= 11 is 0. The van der Waals surface area contributed by atoms with Crippen molar-refractivity contribution in [3.05, 3.63) is 39.9 Å². The van der Waals surface area contributed by atoms with Crippen LogP contribution >= 0.6 is 0 Å². The van der Waals surface area contributed by atoms with Gasteiger partial charge >= 0.3 is 0 Å². The number of non-ortho nitro benzene ring substituents is 1. The Labute approximate surface area is 154 Å². The molecule has 1 heterocycles. The zero-order chi connectivity index (χ0) is 18.8. The van der Waals surface area contributed by atoms with Gasteiger partial charge in [0.15, 0.2) is 5.96 Å². The molecule has 2 rings (SSSR count). The average Bonchev–Trinajstić information content (AvgIpc) is 2.64. The van der Waals surface area contributed by atoms with Gasteiger partial charge in [0.2, 0.25) is 0 Å². The van der Waals surface area contributed by atoms with E-state index in [1.165, 1.54) is 12.1 Å². The van der Waals surface area contributed by atoms with Crippen molar-refractivity contribution in [2.24, 2.45) is 10.9 Å². The third-order valence-corrected chi connectivity index (χ3v) is 4.07. The van der Waals surface area contributed by atoms with E-state index in [9.17, 15) is 10.1 Å². The molecule has 144 valence electrons. The number of guanidine groups is 1. The van der Waals surface area contributed by atoms with Crippen LogP contribution in [0.1, 0.15) is 19.4 Å². The highest BCUT2D eigenvalue weighted by Gasteiger charge is 2.10. The molecule has 0 spiro atoms. The molecule has 0 bridgehead atoms. The van der Waals surface area contributed by atoms with Gasteiger partial charge in [-0.2, -0.15) is 0 Å². The SMILES string of the molecule is CC(C)CNC(=NCc1ccc([N+](=O)[O-])cc1)NCCN1CCOCC1. The van der Waals surface area contributed by atoms with Crippen molar-refractivity contribution in [2.45, 2.75) is 20.4 Å². The van der Waals surface area contributed by atoms with Crippen LogP contribution in [0.15, 0.2) is 29.3 Å². The quantitative estimate of drug-likeness (QED) is 0.316. The number of hydrogen-bond donors (Lipinski definition) is 2. The van der Waals surface area contributed by atoms with Gasteiger partial charge in [-0.1, -0.05) is 26.0 Å². The minimum atomic E-state index is -0.393. The molecule has 0 radical (unpaired) electrons. The van der Waals surface area contributed by atoms with Gasteiger partial charge < -0.3 is 15.4 Å². The van der Waals surface area contributed by atoms with E-state index in [0.717, 1.165) is 57.5 Å². The van der Waals surface area contributed by atoms with Gasteiger partial charge in [0, 0.05) is 44.9 Å². The van der Waals surface area contributed by atoms with E-state index in [-0.39, 0.29) is 5.69 Å². The lowest BCUT2D eigenvalue weighted by Crippen LogP contribution is -2.45. The van der Waals surface area contributed by atoms with E-state index in [0.29, 0.717) is 12.5 Å². The normalized spacial score (nSPS) is 15.9. The van der Waals surface area contributed by atoms with Gasteiger partial charge in [-0.25, -0.2) is 4.99 Å². The van der Waals surface area contributed by atoms with Gasteiger partial charge in [-0.15, -0.1) is 0 Å². The van der Waals surface area contributed by atoms with Crippen molar-refractivity contribution in [2.75, 3.05) is 45.9 Å². The van der Waals surface area contributed by atoms with Crippen LogP contribution in [0.25, 0.3) is 0 Å². The summed E-state index contributed by atoms with van der Waals surface area (Å²) in [6.45, 7) is 10.9. The van der Waals surface area contributed by atoms with Gasteiger partial charge in [-0.3, -0.25) is 15.0 Å². The van der Waals surface area contributed by atoms with Crippen LogP contribution in [0.4, 0.5) is 5.69 Å². The summed E-state index contributed by atoms with van der Waals surface area (Å²) in [6, 6.07) is 6.51. The molecular formula is C18H29N5O3. The number of nitrogens with one attached hydrogen (secondary N) is 2. The maximum atomic E-state index is 10.7. The molecule has 1 aliphatic heterocycles. The van der Waals surface area contributed by atoms with Crippen molar-refractivity contribution in [3.63, 3.8) is 0 Å². The number of rotatable bonds is 8. The number of benzene rings is 1. The summed E-state index contributed by atoms with van der Waals surface area (Å²) in [5, 5.41) is 17.4. The van der Waals surface area contributed by atoms with Crippen LogP contribution in [-0.4, -0.2) is 61.7 Å². The Kier molecular flexibility index (Phi) is 8.30. The predicted octanol–water partition coefficient (Wildman–Crippen LogP) is 1.62. The van der Waals surface area contributed by atoms with E-state index in [1.807, 2.05) is 0 Å². The lowest BCUT2D eigenvalue weighted by Gasteiger charge is -2.26. The van der Waals surface area contributed by atoms with Gasteiger partial charge in [-0.05, 0) is 11.5 Å². The van der Waals surface area contributed by atoms with Crippen molar-refractivity contribution in [1.82, 2.24) is 15.5 Å². The van der Waals surface area contributed by atoms with Crippen LogP contribution in [0.5, 0.6) is 0 Å². The van der Waals surface area contributed by atoms with Gasteiger partial charge in [0.25, 0.3) is 5.69 Å². The fourth-order valence-corrected chi connectivity index (χ4v) is 2.53. The molecular weight excluding hydrogens is 334 g/mol. The summed E-state index contributed by atoms with van der Waals surface area (Å²) in [5.41, 5.74) is 1.04. The summed E-state index contributed by atoms with van der Waals surface area (Å²) in [7, 11) is 0. The molecule has 26 heavy (non-hydrogen) atoms. The second-order valence-corrected chi connectivity index (χ2v) is 6.74. The van der Waals surface area contributed by atoms with E-state index >= 15 is 0 Å². The number of nitro benzene ring substituents is 1. The maximum absolute atomic E-state index is 10.7. The fraction of sp³-hybridized carbons (Fsp3) is 0.611. The number of morpholine rings is 1. The molecule has 1 aromatic rings. The average molecular weight is 363 g/mol. The molecule has 8 heteroatoms. The number of hydrogen-bond acceptors (Lipinski definition) is 5. The molecule has 1 aromatic carbocycles. The minimum absolute atomic E-state index is 0.0968. The van der Waals surface area contributed by atoms with Gasteiger partial charge in [0.1, 0.15) is 0 Å². The summed E-state index contributed by atoms with van der Waals surface area (Å²) in [6.07, 6.45) is 0. The Balaban J connectivity index is 1.87. The molecule has 0 saturated carbocycles. The van der Waals surface area contributed by atoms with E-state index in [2.05, 4.69) is 34.4 Å². The first-order valence-electron chi connectivity index (χ1n) is 9.10. The van der Waals surface area contributed by atoms with Crippen molar-refractivity contribution in [3.8, 4) is 0 Å². The second-order valence-electron chi connectivity index (χ2n) is 6.74. The first kappa shape index (κ1) is 20.1. The highest BCUT2D eigenvalue weighted by molar-refractivity contribution is 5.79. The van der Waals surface area contributed by atoms with E-state index < -0.39 is 4.92 Å². The molecule has 0 aliphatic carbocycles. The summed E-state index contributed by atoms with van der Waals surface area (Å²) in [5.74, 6) is 1.28. The van der Waals surface area contributed by atoms with Crippen LogP contribution in [0.2, 0.25) is 0 Å². The van der Waals surface area contributed by atoms with Crippen molar-refractivity contribution < 1.29 is 9.66 Å². The molecule has 0 atom stereocenters. The Morgan fingerprint density at radius 1 is 1.27 bits per heavy atom. The molecule has 2 N–H and O–H groups in total. The lowest BCUT2D eigenvalue weighted by molar-refractivity contribution is -0.384. The molecule has 1 fully saturated rings. The first-order valence-corrected chi connectivity index (χ1v) is 9.10. The summed E-state index contributed by atoms with van der Waals surface area (Å²) in [4.78, 5) is 17.3. The Morgan fingerprint density at radius 2 is 1.96 bits per heavy atom. The maximum Gasteiger partial charge on any atom is 0.269 e. The Hall–Kier alpha value is -2.19. The molecule has 0 unspecified atom stereocenters. The molecule has 0 aromatic heterocycles. The van der Waals surface area contributed by atoms with Gasteiger partial charge in [0.05, 0.1) is 24.7 Å². The second kappa shape index (κ2) is 10.7. The fourth-order valence-electron chi connectivity index (χ4n) is 2.53. The highest BCUT2D eigenvalue weighted by atomic mass is 16.6. The van der Waals surface area contributed by atoms with Crippen LogP contribution in [0, 0.1) is 16.0 Å². The number of ether oxygens (including phenoxy) is 1. The monoisotopic (exact) mass is 363 g/mol. The van der Waals surface area contributed by atoms with Crippen LogP contribution in [0.3, 0.4) is 0 Å². The largest absolute Gasteiger partial charge is 0.379 e. The Bertz CT molecular complexity index is 583. The zero-order valence-electron chi connectivity index (χ0n) is 15.6. The predicted molar refractivity (Wildman–Crippen MR) is 102 cm³/mol. The summed E-state index contributed by atoms with van der Waals surface area (Å²) < 4.78 is 5.36. The molecule has 0 amide bonds. The van der Waals surface area contributed by atoms with E-state index in [1.54, 1.807) is 12.1 Å². The number of nitro groups is 1. The van der Waals surface area contributed by atoms with Crippen molar-refractivity contribution >= 4 is 11.6 Å². The number of nitrogens with zero attached hydrogens (tertiary/aromatic N) is 3. The highest BCUT2D eigenvalue weighted by Crippen LogP contribution is 2.12. The van der Waals surface area contributed by atoms with Crippen LogP contribution in [-0.2, 0) is 11.3 Å². The Morgan fingerprint density at radius 3 is 2.58 bits per heavy atom. The van der Waals surface area contributed by atoms with E-state index in [4.69, 9.17) is 4.74 Å². The topological polar surface area (TPSA) is 92.0 Å². The molecule has 1 saturated heterocycles. The van der Waals surface area contributed by atoms with Crippen LogP contribution < -0.4 is 10.6 Å². The zero-order valence-corrected chi connectivity index (χ0v) is 15.6. The molecule has 1 aliphatic rings.